The lowest BCUT2D eigenvalue weighted by atomic mass is 10.1. The average Bonchev–Trinajstić information content (AvgIpc) is 3.01. The van der Waals surface area contributed by atoms with E-state index in [-0.39, 0.29) is 16.9 Å². The molecule has 6 heteroatoms. The number of aromatic carboxylic acids is 1. The number of para-hydroxylation sites is 1. The number of benzene rings is 1. The normalized spacial score (nSPS) is 21.4. The summed E-state index contributed by atoms with van der Waals surface area (Å²) in [5, 5.41) is 22.9. The second-order valence-electron chi connectivity index (χ2n) is 4.62. The van der Waals surface area contributed by atoms with Crippen molar-refractivity contribution in [2.45, 2.75) is 13.3 Å². The van der Waals surface area contributed by atoms with E-state index < -0.39 is 10.9 Å². The van der Waals surface area contributed by atoms with E-state index in [1.165, 1.54) is 18.2 Å². The highest BCUT2D eigenvalue weighted by molar-refractivity contribution is 5.95. The molecular formula is C12H14N2O4. The number of nitro groups is 1. The van der Waals surface area contributed by atoms with Crippen LogP contribution in [0.25, 0.3) is 0 Å². The molecule has 0 amide bonds. The third-order valence-corrected chi connectivity index (χ3v) is 3.28. The fraction of sp³-hybridized carbons (Fsp3) is 0.417. The van der Waals surface area contributed by atoms with E-state index in [4.69, 9.17) is 5.11 Å². The number of nitrogens with zero attached hydrogens (tertiary/aromatic N) is 1. The van der Waals surface area contributed by atoms with Crippen LogP contribution in [0.2, 0.25) is 0 Å². The number of rotatable bonds is 5. The van der Waals surface area contributed by atoms with Crippen LogP contribution in [-0.2, 0) is 0 Å². The van der Waals surface area contributed by atoms with Gasteiger partial charge in [0.1, 0.15) is 11.3 Å². The highest BCUT2D eigenvalue weighted by atomic mass is 16.6. The summed E-state index contributed by atoms with van der Waals surface area (Å²) in [6.07, 6.45) is 1.11. The highest BCUT2D eigenvalue weighted by Crippen LogP contribution is 2.38. The Bertz CT molecular complexity index is 501. The number of carboxylic acid groups (broad SMARTS) is 1. The molecule has 6 nitrogen and oxygen atoms in total. The molecule has 0 bridgehead atoms. The number of anilines is 1. The third-order valence-electron chi connectivity index (χ3n) is 3.28. The molecule has 1 aliphatic rings. The summed E-state index contributed by atoms with van der Waals surface area (Å²) >= 11 is 0. The summed E-state index contributed by atoms with van der Waals surface area (Å²) in [5.74, 6) is -0.123. The molecule has 0 spiro atoms. The van der Waals surface area contributed by atoms with Gasteiger partial charge in [0.2, 0.25) is 0 Å². The summed E-state index contributed by atoms with van der Waals surface area (Å²) < 4.78 is 0. The topological polar surface area (TPSA) is 92.5 Å². The van der Waals surface area contributed by atoms with Gasteiger partial charge in [0.25, 0.3) is 0 Å². The molecule has 0 heterocycles. The van der Waals surface area contributed by atoms with Crippen LogP contribution >= 0.6 is 0 Å². The van der Waals surface area contributed by atoms with Gasteiger partial charge in [-0.25, -0.2) is 4.79 Å². The lowest BCUT2D eigenvalue weighted by Gasteiger charge is -2.08. The molecule has 2 rings (SSSR count). The Morgan fingerprint density at radius 2 is 2.28 bits per heavy atom. The Morgan fingerprint density at radius 1 is 1.61 bits per heavy atom. The van der Waals surface area contributed by atoms with Crippen LogP contribution in [0, 0.1) is 22.0 Å². The Kier molecular flexibility index (Phi) is 3.18. The third kappa shape index (κ3) is 2.42. The molecule has 0 aromatic heterocycles. The fourth-order valence-electron chi connectivity index (χ4n) is 1.98. The van der Waals surface area contributed by atoms with E-state index in [0.717, 1.165) is 6.42 Å². The van der Waals surface area contributed by atoms with Gasteiger partial charge in [0, 0.05) is 6.54 Å². The molecule has 1 aliphatic carbocycles. The van der Waals surface area contributed by atoms with Crippen molar-refractivity contribution >= 4 is 17.3 Å². The molecular weight excluding hydrogens is 236 g/mol. The molecule has 1 fully saturated rings. The minimum atomic E-state index is -1.29. The lowest BCUT2D eigenvalue weighted by molar-refractivity contribution is -0.384. The van der Waals surface area contributed by atoms with E-state index in [0.29, 0.717) is 18.4 Å². The zero-order valence-corrected chi connectivity index (χ0v) is 9.92. The SMILES string of the molecule is CC1CC1CNc1cccc(C(=O)O)c1[N+](=O)[O-]. The molecule has 96 valence electrons. The van der Waals surface area contributed by atoms with Crippen LogP contribution in [-0.4, -0.2) is 22.5 Å². The average molecular weight is 250 g/mol. The van der Waals surface area contributed by atoms with E-state index in [2.05, 4.69) is 12.2 Å². The Balaban J connectivity index is 2.25. The van der Waals surface area contributed by atoms with Crippen molar-refractivity contribution < 1.29 is 14.8 Å². The predicted octanol–water partition coefficient (Wildman–Crippen LogP) is 2.36. The first kappa shape index (κ1) is 12.3. The standard InChI is InChI=1S/C12H14N2O4/c1-7-5-8(7)6-13-10-4-2-3-9(12(15)16)11(10)14(17)18/h2-4,7-8,13H,5-6H2,1H3,(H,15,16). The van der Waals surface area contributed by atoms with Gasteiger partial charge in [-0.05, 0) is 30.4 Å². The molecule has 2 N–H and O–H groups in total. The first-order valence-electron chi connectivity index (χ1n) is 5.75. The van der Waals surface area contributed by atoms with Gasteiger partial charge in [-0.2, -0.15) is 0 Å². The predicted molar refractivity (Wildman–Crippen MR) is 65.8 cm³/mol. The summed E-state index contributed by atoms with van der Waals surface area (Å²) in [6.45, 7) is 2.76. The Morgan fingerprint density at radius 3 is 2.78 bits per heavy atom. The van der Waals surface area contributed by atoms with Gasteiger partial charge < -0.3 is 10.4 Å². The molecule has 0 aliphatic heterocycles. The molecule has 18 heavy (non-hydrogen) atoms. The van der Waals surface area contributed by atoms with Gasteiger partial charge in [0.15, 0.2) is 0 Å². The maximum absolute atomic E-state index is 11.0. The molecule has 2 unspecified atom stereocenters. The number of hydrogen-bond acceptors (Lipinski definition) is 4. The molecule has 0 saturated heterocycles. The van der Waals surface area contributed by atoms with Crippen molar-refractivity contribution in [3.63, 3.8) is 0 Å². The van der Waals surface area contributed by atoms with Gasteiger partial charge in [-0.1, -0.05) is 13.0 Å². The maximum atomic E-state index is 11.0. The summed E-state index contributed by atoms with van der Waals surface area (Å²) in [6, 6.07) is 4.29. The van der Waals surface area contributed by atoms with Crippen molar-refractivity contribution in [1.82, 2.24) is 0 Å². The number of nitrogens with one attached hydrogen (secondary N) is 1. The highest BCUT2D eigenvalue weighted by Gasteiger charge is 2.33. The van der Waals surface area contributed by atoms with Crippen LogP contribution < -0.4 is 5.32 Å². The quantitative estimate of drug-likeness (QED) is 0.618. The minimum Gasteiger partial charge on any atom is -0.477 e. The molecule has 0 radical (unpaired) electrons. The number of carbonyl (C=O) groups is 1. The van der Waals surface area contributed by atoms with E-state index in [1.54, 1.807) is 0 Å². The largest absolute Gasteiger partial charge is 0.477 e. The van der Waals surface area contributed by atoms with Gasteiger partial charge in [-0.3, -0.25) is 10.1 Å². The van der Waals surface area contributed by atoms with Crippen LogP contribution in [0.15, 0.2) is 18.2 Å². The number of hydrogen-bond donors (Lipinski definition) is 2. The zero-order chi connectivity index (χ0) is 13.3. The summed E-state index contributed by atoms with van der Waals surface area (Å²) in [7, 11) is 0. The Hall–Kier alpha value is -2.11. The van der Waals surface area contributed by atoms with E-state index in [1.807, 2.05) is 0 Å². The molecule has 1 aromatic carbocycles. The second kappa shape index (κ2) is 4.64. The Labute approximate surface area is 104 Å². The lowest BCUT2D eigenvalue weighted by Crippen LogP contribution is -2.10. The maximum Gasteiger partial charge on any atom is 0.342 e. The van der Waals surface area contributed by atoms with Crippen molar-refractivity contribution in [3.05, 3.63) is 33.9 Å². The van der Waals surface area contributed by atoms with Crippen molar-refractivity contribution in [2.24, 2.45) is 11.8 Å². The zero-order valence-electron chi connectivity index (χ0n) is 9.92. The van der Waals surface area contributed by atoms with Gasteiger partial charge in [0.05, 0.1) is 4.92 Å². The van der Waals surface area contributed by atoms with Gasteiger partial charge >= 0.3 is 11.7 Å². The summed E-state index contributed by atoms with van der Waals surface area (Å²) in [4.78, 5) is 21.3. The first-order valence-corrected chi connectivity index (χ1v) is 5.75. The van der Waals surface area contributed by atoms with E-state index in [9.17, 15) is 14.9 Å². The first-order chi connectivity index (χ1) is 8.50. The van der Waals surface area contributed by atoms with Crippen LogP contribution in [0.1, 0.15) is 23.7 Å². The smallest absolute Gasteiger partial charge is 0.342 e. The number of carboxylic acids is 1. The van der Waals surface area contributed by atoms with Crippen LogP contribution in [0.5, 0.6) is 0 Å². The van der Waals surface area contributed by atoms with Crippen LogP contribution in [0.4, 0.5) is 11.4 Å². The van der Waals surface area contributed by atoms with Crippen molar-refractivity contribution in [2.75, 3.05) is 11.9 Å². The monoisotopic (exact) mass is 250 g/mol. The van der Waals surface area contributed by atoms with Crippen molar-refractivity contribution in [1.29, 1.82) is 0 Å². The fourth-order valence-corrected chi connectivity index (χ4v) is 1.98. The minimum absolute atomic E-state index is 0.277. The number of nitro benzene ring substituents is 1. The van der Waals surface area contributed by atoms with Gasteiger partial charge in [-0.15, -0.1) is 0 Å². The molecule has 1 saturated carbocycles. The molecule has 1 aromatic rings. The molecule has 2 atom stereocenters. The van der Waals surface area contributed by atoms with Crippen LogP contribution in [0.3, 0.4) is 0 Å². The summed E-state index contributed by atoms with van der Waals surface area (Å²) in [5.41, 5.74) is -0.369. The van der Waals surface area contributed by atoms with E-state index >= 15 is 0 Å². The van der Waals surface area contributed by atoms with Crippen molar-refractivity contribution in [3.8, 4) is 0 Å². The second-order valence-corrected chi connectivity index (χ2v) is 4.62.